The van der Waals surface area contributed by atoms with Crippen molar-refractivity contribution in [2.75, 3.05) is 0 Å². The van der Waals surface area contributed by atoms with E-state index in [4.69, 9.17) is 11.6 Å². The van der Waals surface area contributed by atoms with Crippen molar-refractivity contribution in [3.05, 3.63) is 33.3 Å². The number of nitrogens with one attached hydrogen (secondary N) is 1. The van der Waals surface area contributed by atoms with E-state index < -0.39 is 0 Å². The van der Waals surface area contributed by atoms with Gasteiger partial charge in [-0.05, 0) is 13.8 Å². The minimum atomic E-state index is 0.161. The summed E-state index contributed by atoms with van der Waals surface area (Å²) < 4.78 is 1.89. The third-order valence-corrected chi connectivity index (χ3v) is 4.05. The van der Waals surface area contributed by atoms with Crippen molar-refractivity contribution < 1.29 is 0 Å². The van der Waals surface area contributed by atoms with E-state index in [1.54, 1.807) is 17.5 Å². The van der Waals surface area contributed by atoms with Crippen molar-refractivity contribution in [1.82, 2.24) is 19.9 Å². The van der Waals surface area contributed by atoms with Crippen LogP contribution >= 0.6 is 22.9 Å². The van der Waals surface area contributed by atoms with Gasteiger partial charge in [0.05, 0.1) is 23.4 Å². The second-order valence-electron chi connectivity index (χ2n) is 3.96. The van der Waals surface area contributed by atoms with Crippen molar-refractivity contribution in [3.63, 3.8) is 0 Å². The maximum absolute atomic E-state index is 5.96. The highest BCUT2D eigenvalue weighted by Gasteiger charge is 2.13. The molecule has 92 valence electrons. The summed E-state index contributed by atoms with van der Waals surface area (Å²) in [5, 5.41) is 4.08. The van der Waals surface area contributed by atoms with E-state index >= 15 is 0 Å². The van der Waals surface area contributed by atoms with Crippen molar-refractivity contribution in [2.24, 2.45) is 7.05 Å². The van der Waals surface area contributed by atoms with Gasteiger partial charge in [-0.2, -0.15) is 0 Å². The standard InChI is InChI=1S/C11H15ClN4S/c1-7-9(17-6-15-7)4-13-8(2)11-14-5-10(12)16(11)3/h5-6,8,13H,4H2,1-3H3. The molecule has 2 rings (SSSR count). The van der Waals surface area contributed by atoms with Crippen molar-refractivity contribution in [1.29, 1.82) is 0 Å². The van der Waals surface area contributed by atoms with Gasteiger partial charge in [-0.25, -0.2) is 9.97 Å². The summed E-state index contributed by atoms with van der Waals surface area (Å²) >= 11 is 7.63. The zero-order valence-electron chi connectivity index (χ0n) is 10.1. The molecule has 2 heterocycles. The predicted molar refractivity (Wildman–Crippen MR) is 70.3 cm³/mol. The lowest BCUT2D eigenvalue weighted by molar-refractivity contribution is 0.532. The molecule has 17 heavy (non-hydrogen) atoms. The van der Waals surface area contributed by atoms with Crippen LogP contribution < -0.4 is 5.32 Å². The Labute approximate surface area is 110 Å². The fraction of sp³-hybridized carbons (Fsp3) is 0.455. The Hall–Kier alpha value is -0.910. The van der Waals surface area contributed by atoms with Crippen LogP contribution in [-0.4, -0.2) is 14.5 Å². The largest absolute Gasteiger partial charge is 0.321 e. The van der Waals surface area contributed by atoms with E-state index in [9.17, 15) is 0 Å². The summed E-state index contributed by atoms with van der Waals surface area (Å²) in [5.41, 5.74) is 2.96. The van der Waals surface area contributed by atoms with Crippen molar-refractivity contribution in [2.45, 2.75) is 26.4 Å². The van der Waals surface area contributed by atoms with Crippen LogP contribution in [0.5, 0.6) is 0 Å². The van der Waals surface area contributed by atoms with E-state index in [0.717, 1.165) is 18.1 Å². The Morgan fingerprint density at radius 3 is 2.82 bits per heavy atom. The first-order chi connectivity index (χ1) is 8.09. The van der Waals surface area contributed by atoms with E-state index in [-0.39, 0.29) is 6.04 Å². The van der Waals surface area contributed by atoms with Crippen LogP contribution in [0.15, 0.2) is 11.7 Å². The monoisotopic (exact) mass is 270 g/mol. The Balaban J connectivity index is 2.00. The second-order valence-corrected chi connectivity index (χ2v) is 5.29. The zero-order valence-corrected chi connectivity index (χ0v) is 11.6. The third kappa shape index (κ3) is 2.68. The quantitative estimate of drug-likeness (QED) is 0.929. The lowest BCUT2D eigenvalue weighted by atomic mass is 10.3. The summed E-state index contributed by atoms with van der Waals surface area (Å²) in [6.07, 6.45) is 1.67. The smallest absolute Gasteiger partial charge is 0.128 e. The number of aryl methyl sites for hydroxylation is 1. The second kappa shape index (κ2) is 5.16. The Bertz CT molecular complexity index is 505. The minimum absolute atomic E-state index is 0.161. The van der Waals surface area contributed by atoms with Crippen LogP contribution in [0.25, 0.3) is 0 Å². The molecule has 0 aliphatic heterocycles. The number of nitrogens with zero attached hydrogens (tertiary/aromatic N) is 3. The van der Waals surface area contributed by atoms with E-state index in [1.165, 1.54) is 4.88 Å². The molecule has 0 bridgehead atoms. The molecule has 1 atom stereocenters. The third-order valence-electron chi connectivity index (χ3n) is 2.77. The first-order valence-electron chi connectivity index (χ1n) is 5.39. The van der Waals surface area contributed by atoms with Crippen LogP contribution in [0, 0.1) is 6.92 Å². The SMILES string of the molecule is Cc1ncsc1CNC(C)c1ncc(Cl)n1C. The molecule has 0 fully saturated rings. The van der Waals surface area contributed by atoms with Gasteiger partial charge in [-0.3, -0.25) is 0 Å². The van der Waals surface area contributed by atoms with Crippen LogP contribution in [0.1, 0.15) is 29.4 Å². The molecular weight excluding hydrogens is 256 g/mol. The van der Waals surface area contributed by atoms with Gasteiger partial charge in [0.15, 0.2) is 0 Å². The van der Waals surface area contributed by atoms with Crippen molar-refractivity contribution in [3.8, 4) is 0 Å². The molecule has 0 saturated carbocycles. The van der Waals surface area contributed by atoms with Gasteiger partial charge >= 0.3 is 0 Å². The highest BCUT2D eigenvalue weighted by atomic mass is 35.5. The van der Waals surface area contributed by atoms with Gasteiger partial charge in [0, 0.05) is 18.5 Å². The molecule has 1 N–H and O–H groups in total. The maximum atomic E-state index is 5.96. The van der Waals surface area contributed by atoms with Gasteiger partial charge in [-0.1, -0.05) is 11.6 Å². The van der Waals surface area contributed by atoms with Gasteiger partial charge in [0.2, 0.25) is 0 Å². The highest BCUT2D eigenvalue weighted by molar-refractivity contribution is 7.09. The Morgan fingerprint density at radius 1 is 1.53 bits per heavy atom. The maximum Gasteiger partial charge on any atom is 0.128 e. The normalized spacial score (nSPS) is 12.9. The lowest BCUT2D eigenvalue weighted by Gasteiger charge is -2.13. The summed E-state index contributed by atoms with van der Waals surface area (Å²) in [6.45, 7) is 4.91. The number of hydrogen-bond donors (Lipinski definition) is 1. The number of imidazole rings is 1. The molecule has 0 saturated heterocycles. The number of halogens is 1. The summed E-state index contributed by atoms with van der Waals surface area (Å²) in [6, 6.07) is 0.161. The molecule has 0 radical (unpaired) electrons. The summed E-state index contributed by atoms with van der Waals surface area (Å²) in [5.74, 6) is 0.942. The first-order valence-corrected chi connectivity index (χ1v) is 6.64. The number of rotatable bonds is 4. The number of aromatic nitrogens is 3. The summed E-state index contributed by atoms with van der Waals surface area (Å²) in [7, 11) is 1.92. The molecule has 0 amide bonds. The molecule has 6 heteroatoms. The van der Waals surface area contributed by atoms with Crippen LogP contribution in [0.2, 0.25) is 5.15 Å². The molecule has 2 aromatic heterocycles. The fourth-order valence-electron chi connectivity index (χ4n) is 1.64. The Kier molecular flexibility index (Phi) is 3.81. The van der Waals surface area contributed by atoms with Gasteiger partial charge in [-0.15, -0.1) is 11.3 Å². The van der Waals surface area contributed by atoms with Gasteiger partial charge in [0.1, 0.15) is 11.0 Å². The van der Waals surface area contributed by atoms with Gasteiger partial charge in [0.25, 0.3) is 0 Å². The molecule has 0 aromatic carbocycles. The highest BCUT2D eigenvalue weighted by Crippen LogP contribution is 2.17. The molecule has 1 unspecified atom stereocenters. The molecule has 0 spiro atoms. The molecular formula is C11H15ClN4S. The van der Waals surface area contributed by atoms with Crippen LogP contribution in [0.4, 0.5) is 0 Å². The number of hydrogen-bond acceptors (Lipinski definition) is 4. The van der Waals surface area contributed by atoms with Crippen LogP contribution in [-0.2, 0) is 13.6 Å². The zero-order chi connectivity index (χ0) is 12.4. The van der Waals surface area contributed by atoms with E-state index in [0.29, 0.717) is 5.15 Å². The van der Waals surface area contributed by atoms with Gasteiger partial charge < -0.3 is 9.88 Å². The minimum Gasteiger partial charge on any atom is -0.321 e. The molecule has 0 aliphatic rings. The summed E-state index contributed by atoms with van der Waals surface area (Å²) in [4.78, 5) is 9.78. The predicted octanol–water partition coefficient (Wildman–Crippen LogP) is 2.69. The molecule has 0 aliphatic carbocycles. The molecule has 4 nitrogen and oxygen atoms in total. The van der Waals surface area contributed by atoms with E-state index in [2.05, 4.69) is 22.2 Å². The first kappa shape index (κ1) is 12.5. The average Bonchev–Trinajstić information content (AvgIpc) is 2.84. The Morgan fingerprint density at radius 2 is 2.29 bits per heavy atom. The topological polar surface area (TPSA) is 42.7 Å². The van der Waals surface area contributed by atoms with Crippen molar-refractivity contribution >= 4 is 22.9 Å². The number of thiazole rings is 1. The van der Waals surface area contributed by atoms with E-state index in [1.807, 2.05) is 24.0 Å². The lowest BCUT2D eigenvalue weighted by Crippen LogP contribution is -2.21. The van der Waals surface area contributed by atoms with Crippen LogP contribution in [0.3, 0.4) is 0 Å². The fourth-order valence-corrected chi connectivity index (χ4v) is 2.50. The average molecular weight is 271 g/mol. The molecule has 2 aromatic rings.